The lowest BCUT2D eigenvalue weighted by Crippen LogP contribution is -2.19. The van der Waals surface area contributed by atoms with Gasteiger partial charge in [-0.2, -0.15) is 0 Å². The van der Waals surface area contributed by atoms with Crippen molar-refractivity contribution in [2.45, 2.75) is 19.3 Å². The Morgan fingerprint density at radius 1 is 1.53 bits per heavy atom. The second-order valence-electron chi connectivity index (χ2n) is 4.32. The van der Waals surface area contributed by atoms with Crippen LogP contribution in [0.25, 0.3) is 0 Å². The first kappa shape index (κ1) is 11.6. The summed E-state index contributed by atoms with van der Waals surface area (Å²) in [7, 11) is 0. The number of hydrogen-bond acceptors (Lipinski definition) is 3. The van der Waals surface area contributed by atoms with Crippen LogP contribution in [0.15, 0.2) is 30.6 Å². The Balaban J connectivity index is 1.98. The van der Waals surface area contributed by atoms with Crippen molar-refractivity contribution in [1.82, 2.24) is 4.98 Å². The van der Waals surface area contributed by atoms with Crippen molar-refractivity contribution in [1.29, 1.82) is 0 Å². The van der Waals surface area contributed by atoms with Gasteiger partial charge in [0.15, 0.2) is 0 Å². The van der Waals surface area contributed by atoms with Crippen LogP contribution in [-0.4, -0.2) is 17.4 Å². The zero-order chi connectivity index (χ0) is 12.1. The lowest BCUT2D eigenvalue weighted by atomic mass is 9.94. The maximum absolute atomic E-state index is 11.2. The van der Waals surface area contributed by atoms with Crippen LogP contribution in [0.5, 0.6) is 0 Å². The van der Waals surface area contributed by atoms with Crippen LogP contribution in [0.2, 0.25) is 0 Å². The van der Waals surface area contributed by atoms with Gasteiger partial charge in [0.1, 0.15) is 0 Å². The zero-order valence-electron chi connectivity index (χ0n) is 9.73. The maximum Gasteiger partial charge on any atom is 0.252 e. The third kappa shape index (κ3) is 3.06. The van der Waals surface area contributed by atoms with Crippen LogP contribution in [0.3, 0.4) is 0 Å². The molecule has 0 bridgehead atoms. The molecule has 0 aromatic carbocycles. The van der Waals surface area contributed by atoms with Crippen LogP contribution in [0, 0.1) is 5.92 Å². The summed E-state index contributed by atoms with van der Waals surface area (Å²) in [4.78, 5) is 15.1. The third-order valence-electron chi connectivity index (χ3n) is 3.05. The molecule has 0 aliphatic heterocycles. The number of pyridine rings is 1. The van der Waals surface area contributed by atoms with Gasteiger partial charge in [0.05, 0.1) is 11.3 Å². The first-order valence-electron chi connectivity index (χ1n) is 5.90. The Hall–Kier alpha value is -1.84. The maximum atomic E-state index is 11.2. The quantitative estimate of drug-likeness (QED) is 0.778. The molecule has 1 atom stereocenters. The molecule has 1 aromatic rings. The molecule has 2 rings (SSSR count). The van der Waals surface area contributed by atoms with Gasteiger partial charge in [-0.1, -0.05) is 12.2 Å². The van der Waals surface area contributed by atoms with Crippen molar-refractivity contribution in [3.05, 3.63) is 36.2 Å². The predicted octanol–water partition coefficient (Wildman–Crippen LogP) is 1.95. The number of carbonyl (C=O) groups is 1. The summed E-state index contributed by atoms with van der Waals surface area (Å²) in [5.41, 5.74) is 6.53. The zero-order valence-corrected chi connectivity index (χ0v) is 9.73. The molecule has 4 nitrogen and oxygen atoms in total. The van der Waals surface area contributed by atoms with Crippen molar-refractivity contribution < 1.29 is 4.79 Å². The summed E-state index contributed by atoms with van der Waals surface area (Å²) in [6.07, 6.45) is 11.0. The first-order chi connectivity index (χ1) is 8.27. The number of carbonyl (C=O) groups excluding carboxylic acids is 1. The van der Waals surface area contributed by atoms with Crippen LogP contribution in [0.1, 0.15) is 29.6 Å². The van der Waals surface area contributed by atoms with Gasteiger partial charge in [-0.15, -0.1) is 0 Å². The number of anilines is 1. The van der Waals surface area contributed by atoms with Crippen molar-refractivity contribution in [2.75, 3.05) is 11.9 Å². The number of aromatic nitrogens is 1. The Labute approximate surface area is 101 Å². The Kier molecular flexibility index (Phi) is 3.75. The largest absolute Gasteiger partial charge is 0.384 e. The molecular weight excluding hydrogens is 214 g/mol. The second kappa shape index (κ2) is 5.48. The van der Waals surface area contributed by atoms with Gasteiger partial charge >= 0.3 is 0 Å². The first-order valence-corrected chi connectivity index (χ1v) is 5.90. The normalized spacial score (nSPS) is 18.9. The van der Waals surface area contributed by atoms with E-state index in [0.29, 0.717) is 11.5 Å². The van der Waals surface area contributed by atoms with Crippen LogP contribution in [0.4, 0.5) is 5.69 Å². The number of rotatable bonds is 4. The molecule has 17 heavy (non-hydrogen) atoms. The molecule has 1 unspecified atom stereocenters. The molecule has 1 aliphatic carbocycles. The van der Waals surface area contributed by atoms with Crippen LogP contribution in [-0.2, 0) is 0 Å². The van der Waals surface area contributed by atoms with Gasteiger partial charge in [-0.3, -0.25) is 9.78 Å². The highest BCUT2D eigenvalue weighted by atomic mass is 16.1. The highest BCUT2D eigenvalue weighted by molar-refractivity contribution is 5.98. The molecule has 1 aromatic heterocycles. The van der Waals surface area contributed by atoms with E-state index >= 15 is 0 Å². The smallest absolute Gasteiger partial charge is 0.252 e. The highest BCUT2D eigenvalue weighted by Crippen LogP contribution is 2.20. The van der Waals surface area contributed by atoms with Gasteiger partial charge < -0.3 is 11.1 Å². The molecule has 90 valence electrons. The molecule has 4 heteroatoms. The van der Waals surface area contributed by atoms with E-state index < -0.39 is 5.91 Å². The topological polar surface area (TPSA) is 68.0 Å². The van der Waals surface area contributed by atoms with Crippen molar-refractivity contribution in [2.24, 2.45) is 11.7 Å². The lowest BCUT2D eigenvalue weighted by Gasteiger charge is -2.19. The summed E-state index contributed by atoms with van der Waals surface area (Å²) in [5, 5.41) is 3.29. The van der Waals surface area contributed by atoms with E-state index in [1.165, 1.54) is 12.6 Å². The molecule has 0 radical (unpaired) electrons. The summed E-state index contributed by atoms with van der Waals surface area (Å²) < 4.78 is 0. The SMILES string of the molecule is NC(=O)c1cnccc1NCC1CC=CCC1. The molecule has 0 spiro atoms. The van der Waals surface area contributed by atoms with Crippen molar-refractivity contribution >= 4 is 11.6 Å². The Bertz CT molecular complexity index is 428. The second-order valence-corrected chi connectivity index (χ2v) is 4.32. The molecule has 1 amide bonds. The average Bonchev–Trinajstić information content (AvgIpc) is 2.38. The summed E-state index contributed by atoms with van der Waals surface area (Å²) in [6.45, 7) is 0.870. The number of allylic oxidation sites excluding steroid dienone is 2. The molecular formula is C13H17N3O. The van der Waals surface area contributed by atoms with E-state index in [1.807, 2.05) is 0 Å². The summed E-state index contributed by atoms with van der Waals surface area (Å²) in [6, 6.07) is 1.79. The average molecular weight is 231 g/mol. The van der Waals surface area contributed by atoms with Crippen molar-refractivity contribution in [3.8, 4) is 0 Å². The van der Waals surface area contributed by atoms with Gasteiger partial charge in [0.25, 0.3) is 5.91 Å². The van der Waals surface area contributed by atoms with E-state index in [4.69, 9.17) is 5.73 Å². The fourth-order valence-electron chi connectivity index (χ4n) is 2.04. The minimum Gasteiger partial charge on any atom is -0.384 e. The number of nitrogens with zero attached hydrogens (tertiary/aromatic N) is 1. The number of nitrogens with two attached hydrogens (primary N) is 1. The van der Waals surface area contributed by atoms with Crippen molar-refractivity contribution in [3.63, 3.8) is 0 Å². The Morgan fingerprint density at radius 2 is 2.41 bits per heavy atom. The molecule has 1 heterocycles. The van der Waals surface area contributed by atoms with E-state index in [0.717, 1.165) is 25.1 Å². The number of hydrogen-bond donors (Lipinski definition) is 2. The molecule has 3 N–H and O–H groups in total. The van der Waals surface area contributed by atoms with E-state index in [-0.39, 0.29) is 0 Å². The third-order valence-corrected chi connectivity index (χ3v) is 3.05. The monoisotopic (exact) mass is 231 g/mol. The van der Waals surface area contributed by atoms with Gasteiger partial charge in [0.2, 0.25) is 0 Å². The van der Waals surface area contributed by atoms with Crippen LogP contribution < -0.4 is 11.1 Å². The van der Waals surface area contributed by atoms with Gasteiger partial charge in [-0.05, 0) is 31.2 Å². The van der Waals surface area contributed by atoms with E-state index in [2.05, 4.69) is 22.5 Å². The number of primary amides is 1. The minimum absolute atomic E-state index is 0.441. The highest BCUT2D eigenvalue weighted by Gasteiger charge is 2.12. The van der Waals surface area contributed by atoms with E-state index in [1.54, 1.807) is 12.3 Å². The summed E-state index contributed by atoms with van der Waals surface area (Å²) in [5.74, 6) is 0.193. The number of amides is 1. The number of nitrogens with one attached hydrogen (secondary N) is 1. The molecule has 1 aliphatic rings. The fourth-order valence-corrected chi connectivity index (χ4v) is 2.04. The van der Waals surface area contributed by atoms with Crippen LogP contribution >= 0.6 is 0 Å². The van der Waals surface area contributed by atoms with Gasteiger partial charge in [0, 0.05) is 18.9 Å². The summed E-state index contributed by atoms with van der Waals surface area (Å²) >= 11 is 0. The predicted molar refractivity (Wildman–Crippen MR) is 67.7 cm³/mol. The van der Waals surface area contributed by atoms with E-state index in [9.17, 15) is 4.79 Å². The molecule has 0 fully saturated rings. The minimum atomic E-state index is -0.441. The molecule has 0 saturated heterocycles. The lowest BCUT2D eigenvalue weighted by molar-refractivity contribution is 0.100. The Morgan fingerprint density at radius 3 is 3.12 bits per heavy atom. The molecule has 0 saturated carbocycles. The standard InChI is InChI=1S/C13H17N3O/c14-13(17)11-9-15-7-6-12(11)16-8-10-4-2-1-3-5-10/h1-2,6-7,9-10H,3-5,8H2,(H2,14,17)(H,15,16). The van der Waals surface area contributed by atoms with Gasteiger partial charge in [-0.25, -0.2) is 0 Å². The fraction of sp³-hybridized carbons (Fsp3) is 0.385.